The molecule has 0 amide bonds. The summed E-state index contributed by atoms with van der Waals surface area (Å²) in [6.45, 7) is 0. The lowest BCUT2D eigenvalue weighted by Crippen LogP contribution is -2.09. The summed E-state index contributed by atoms with van der Waals surface area (Å²) in [7, 11) is 0. The molecule has 0 N–H and O–H groups in total. The average molecular weight is 739 g/mol. The van der Waals surface area contributed by atoms with Crippen LogP contribution in [0.4, 0.5) is 17.1 Å². The van der Waals surface area contributed by atoms with E-state index < -0.39 is 0 Å². The van der Waals surface area contributed by atoms with Crippen LogP contribution in [-0.2, 0) is 0 Å². The molecule has 10 aromatic carbocycles. The molecular weight excluding hydrogens is 701 g/mol. The average Bonchev–Trinajstić information content (AvgIpc) is 3.63. The summed E-state index contributed by atoms with van der Waals surface area (Å²) in [5.41, 5.74) is 14.1. The molecule has 0 spiro atoms. The molecule has 0 bridgehead atoms. The van der Waals surface area contributed by atoms with Gasteiger partial charge in [0, 0.05) is 33.5 Å². The van der Waals surface area contributed by atoms with Gasteiger partial charge in [0.25, 0.3) is 0 Å². The van der Waals surface area contributed by atoms with E-state index in [1.807, 2.05) is 0 Å². The van der Waals surface area contributed by atoms with Gasteiger partial charge in [0.05, 0.1) is 11.0 Å². The number of rotatable bonds is 7. The summed E-state index contributed by atoms with van der Waals surface area (Å²) in [5, 5.41) is 7.49. The van der Waals surface area contributed by atoms with Crippen molar-refractivity contribution in [1.29, 1.82) is 0 Å². The molecule has 0 aliphatic rings. The summed E-state index contributed by atoms with van der Waals surface area (Å²) < 4.78 is 2.40. The van der Waals surface area contributed by atoms with Gasteiger partial charge in [-0.1, -0.05) is 158 Å². The Balaban J connectivity index is 0.968. The zero-order chi connectivity index (χ0) is 38.4. The maximum atomic E-state index is 2.40. The van der Waals surface area contributed by atoms with E-state index in [9.17, 15) is 0 Å². The monoisotopic (exact) mass is 738 g/mol. The van der Waals surface area contributed by atoms with Crippen molar-refractivity contribution in [2.75, 3.05) is 4.90 Å². The smallest absolute Gasteiger partial charge is 0.0541 e. The molecule has 0 saturated heterocycles. The van der Waals surface area contributed by atoms with Crippen LogP contribution in [0.1, 0.15) is 0 Å². The molecular formula is C56H38N2. The Labute approximate surface area is 338 Å². The highest BCUT2D eigenvalue weighted by Crippen LogP contribution is 2.40. The molecule has 58 heavy (non-hydrogen) atoms. The summed E-state index contributed by atoms with van der Waals surface area (Å²) in [5.74, 6) is 0. The summed E-state index contributed by atoms with van der Waals surface area (Å²) in [6.07, 6.45) is 0. The third-order valence-electron chi connectivity index (χ3n) is 11.6. The molecule has 1 heterocycles. The van der Waals surface area contributed by atoms with Gasteiger partial charge >= 0.3 is 0 Å². The maximum absolute atomic E-state index is 2.40. The van der Waals surface area contributed by atoms with E-state index in [1.54, 1.807) is 0 Å². The summed E-state index contributed by atoms with van der Waals surface area (Å²) >= 11 is 0. The van der Waals surface area contributed by atoms with E-state index >= 15 is 0 Å². The summed E-state index contributed by atoms with van der Waals surface area (Å²) in [4.78, 5) is 2.35. The SMILES string of the molecule is c1ccc(-c2ccc(N(c3ccc(-c4ccc5ccccc5c4)cc3)c3ccc(-c4ccc5c(c4)c4ccccc4n5-c4ccc5ccccc5c4)cc3)cc2)cc1. The van der Waals surface area contributed by atoms with Crippen LogP contribution in [0.5, 0.6) is 0 Å². The van der Waals surface area contributed by atoms with Gasteiger partial charge in [-0.15, -0.1) is 0 Å². The Morgan fingerprint density at radius 1 is 0.259 bits per heavy atom. The molecule has 2 nitrogen and oxygen atoms in total. The number of hydrogen-bond donors (Lipinski definition) is 0. The first-order chi connectivity index (χ1) is 28.7. The van der Waals surface area contributed by atoms with Gasteiger partial charge in [0.15, 0.2) is 0 Å². The zero-order valence-corrected chi connectivity index (χ0v) is 31.8. The summed E-state index contributed by atoms with van der Waals surface area (Å²) in [6, 6.07) is 83.7. The highest BCUT2D eigenvalue weighted by Gasteiger charge is 2.16. The third-order valence-corrected chi connectivity index (χ3v) is 11.6. The molecule has 2 heteroatoms. The van der Waals surface area contributed by atoms with Gasteiger partial charge in [-0.25, -0.2) is 0 Å². The number of fused-ring (bicyclic) bond motifs is 5. The number of anilines is 3. The lowest BCUT2D eigenvalue weighted by Gasteiger charge is -2.26. The fourth-order valence-electron chi connectivity index (χ4n) is 8.60. The van der Waals surface area contributed by atoms with Gasteiger partial charge in [0.2, 0.25) is 0 Å². The van der Waals surface area contributed by atoms with E-state index in [4.69, 9.17) is 0 Å². The second-order valence-corrected chi connectivity index (χ2v) is 15.0. The zero-order valence-electron chi connectivity index (χ0n) is 31.8. The topological polar surface area (TPSA) is 8.17 Å². The first-order valence-corrected chi connectivity index (χ1v) is 19.9. The lowest BCUT2D eigenvalue weighted by molar-refractivity contribution is 1.19. The molecule has 0 saturated carbocycles. The van der Waals surface area contributed by atoms with Crippen molar-refractivity contribution in [3.05, 3.63) is 231 Å². The number of aromatic nitrogens is 1. The maximum Gasteiger partial charge on any atom is 0.0541 e. The Kier molecular flexibility index (Phi) is 8.19. The Morgan fingerprint density at radius 2 is 0.690 bits per heavy atom. The van der Waals surface area contributed by atoms with Crippen molar-refractivity contribution >= 4 is 60.4 Å². The fourth-order valence-corrected chi connectivity index (χ4v) is 8.60. The Hall–Kier alpha value is -7.68. The first kappa shape index (κ1) is 33.6. The Morgan fingerprint density at radius 3 is 1.33 bits per heavy atom. The first-order valence-electron chi connectivity index (χ1n) is 19.9. The predicted octanol–water partition coefficient (Wildman–Crippen LogP) is 15.6. The molecule has 272 valence electrons. The molecule has 0 aliphatic heterocycles. The van der Waals surface area contributed by atoms with Crippen molar-refractivity contribution in [3.8, 4) is 39.1 Å². The minimum atomic E-state index is 1.10. The van der Waals surface area contributed by atoms with Crippen molar-refractivity contribution in [2.24, 2.45) is 0 Å². The highest BCUT2D eigenvalue weighted by atomic mass is 15.1. The fraction of sp³-hybridized carbons (Fsp3) is 0. The van der Waals surface area contributed by atoms with Crippen LogP contribution in [0, 0.1) is 0 Å². The van der Waals surface area contributed by atoms with Gasteiger partial charge in [-0.2, -0.15) is 0 Å². The van der Waals surface area contributed by atoms with Gasteiger partial charge in [0.1, 0.15) is 0 Å². The highest BCUT2D eigenvalue weighted by molar-refractivity contribution is 6.10. The van der Waals surface area contributed by atoms with E-state index in [0.29, 0.717) is 0 Å². The van der Waals surface area contributed by atoms with Crippen LogP contribution in [0.15, 0.2) is 231 Å². The van der Waals surface area contributed by atoms with Crippen LogP contribution in [-0.4, -0.2) is 4.57 Å². The molecule has 11 aromatic rings. The van der Waals surface area contributed by atoms with E-state index in [0.717, 1.165) is 17.1 Å². The second kappa shape index (κ2) is 14.1. The van der Waals surface area contributed by atoms with E-state index in [2.05, 4.69) is 240 Å². The predicted molar refractivity (Wildman–Crippen MR) is 247 cm³/mol. The number of nitrogens with zero attached hydrogens (tertiary/aromatic N) is 2. The quantitative estimate of drug-likeness (QED) is 0.158. The lowest BCUT2D eigenvalue weighted by atomic mass is 10.0. The van der Waals surface area contributed by atoms with Crippen LogP contribution in [0.25, 0.3) is 82.4 Å². The molecule has 0 radical (unpaired) electrons. The van der Waals surface area contributed by atoms with Crippen molar-refractivity contribution < 1.29 is 0 Å². The molecule has 11 rings (SSSR count). The molecule has 0 unspecified atom stereocenters. The molecule has 0 atom stereocenters. The third kappa shape index (κ3) is 6.00. The van der Waals surface area contributed by atoms with Crippen molar-refractivity contribution in [3.63, 3.8) is 0 Å². The van der Waals surface area contributed by atoms with Crippen LogP contribution < -0.4 is 4.90 Å². The molecule has 0 fully saturated rings. The number of benzene rings is 10. The van der Waals surface area contributed by atoms with Crippen molar-refractivity contribution in [2.45, 2.75) is 0 Å². The number of hydrogen-bond acceptors (Lipinski definition) is 1. The van der Waals surface area contributed by atoms with Crippen LogP contribution >= 0.6 is 0 Å². The second-order valence-electron chi connectivity index (χ2n) is 15.0. The number of para-hydroxylation sites is 1. The van der Waals surface area contributed by atoms with Gasteiger partial charge < -0.3 is 9.47 Å². The normalized spacial score (nSPS) is 11.4. The van der Waals surface area contributed by atoms with E-state index in [1.165, 1.54) is 82.4 Å². The van der Waals surface area contributed by atoms with Gasteiger partial charge in [-0.05, 0) is 128 Å². The largest absolute Gasteiger partial charge is 0.311 e. The van der Waals surface area contributed by atoms with Gasteiger partial charge in [-0.3, -0.25) is 0 Å². The van der Waals surface area contributed by atoms with Crippen molar-refractivity contribution in [1.82, 2.24) is 4.57 Å². The molecule has 1 aromatic heterocycles. The minimum Gasteiger partial charge on any atom is -0.311 e. The van der Waals surface area contributed by atoms with E-state index in [-0.39, 0.29) is 0 Å². The van der Waals surface area contributed by atoms with Crippen LogP contribution in [0.2, 0.25) is 0 Å². The van der Waals surface area contributed by atoms with Crippen LogP contribution in [0.3, 0.4) is 0 Å². The Bertz CT molecular complexity index is 3250. The minimum absolute atomic E-state index is 1.10. The standard InChI is InChI=1S/C56H38N2/c1-2-10-39(11-3-1)42-20-28-49(29-21-42)57(50-30-22-43(23-31-50)47-19-18-40-12-4-6-14-45(40)36-47)51-32-24-44(25-33-51)48-27-35-56-54(38-48)53-16-8-9-17-55(53)58(56)52-34-26-41-13-5-7-15-46(41)37-52/h1-38H. The molecule has 0 aliphatic carbocycles.